The summed E-state index contributed by atoms with van der Waals surface area (Å²) in [5.41, 5.74) is 1.52. The van der Waals surface area contributed by atoms with E-state index in [1.54, 1.807) is 0 Å². The number of thiophene rings is 1. The van der Waals surface area contributed by atoms with Gasteiger partial charge in [-0.05, 0) is 68.9 Å². The maximum atomic E-state index is 3.59. The quantitative estimate of drug-likeness (QED) is 0.762. The summed E-state index contributed by atoms with van der Waals surface area (Å²) < 4.78 is 0. The first-order chi connectivity index (χ1) is 8.90. The van der Waals surface area contributed by atoms with Crippen molar-refractivity contribution < 1.29 is 0 Å². The van der Waals surface area contributed by atoms with Gasteiger partial charge >= 0.3 is 0 Å². The summed E-state index contributed by atoms with van der Waals surface area (Å²) in [5, 5.41) is 5.80. The molecular weight excluding hydrogens is 240 g/mol. The summed E-state index contributed by atoms with van der Waals surface area (Å²) in [5.74, 6) is 0. The molecule has 1 aromatic heterocycles. The van der Waals surface area contributed by atoms with Crippen LogP contribution >= 0.6 is 11.3 Å². The minimum absolute atomic E-state index is 1.06. The molecular formula is C15H26N2S. The smallest absolute Gasteiger partial charge is 0.0302 e. The molecule has 1 aromatic rings. The number of aryl methyl sites for hydroxylation is 1. The normalized spacial score (nSPS) is 17.2. The van der Waals surface area contributed by atoms with Crippen molar-refractivity contribution in [3.63, 3.8) is 0 Å². The number of piperidine rings is 1. The Morgan fingerprint density at radius 3 is 2.89 bits per heavy atom. The Labute approximate surface area is 115 Å². The Morgan fingerprint density at radius 2 is 2.11 bits per heavy atom. The van der Waals surface area contributed by atoms with Crippen LogP contribution in [0.15, 0.2) is 11.4 Å². The zero-order valence-electron chi connectivity index (χ0n) is 11.6. The summed E-state index contributed by atoms with van der Waals surface area (Å²) in [6, 6.07) is 2.26. The molecule has 2 heterocycles. The summed E-state index contributed by atoms with van der Waals surface area (Å²) in [7, 11) is 0. The molecule has 3 heteroatoms. The van der Waals surface area contributed by atoms with E-state index >= 15 is 0 Å². The van der Waals surface area contributed by atoms with Crippen LogP contribution in [0.3, 0.4) is 0 Å². The van der Waals surface area contributed by atoms with Gasteiger partial charge in [0.1, 0.15) is 0 Å². The standard InChI is InChI=1S/C15H26N2S/c1-2-14-7-12-18-15(14)13-16-8-6-11-17-9-4-3-5-10-17/h7,12,16H,2-6,8-11,13H2,1H3. The van der Waals surface area contributed by atoms with Crippen molar-refractivity contribution in [2.45, 2.75) is 45.6 Å². The summed E-state index contributed by atoms with van der Waals surface area (Å²) >= 11 is 1.89. The van der Waals surface area contributed by atoms with Crippen molar-refractivity contribution in [1.29, 1.82) is 0 Å². The van der Waals surface area contributed by atoms with E-state index in [2.05, 4.69) is 28.6 Å². The molecule has 1 fully saturated rings. The lowest BCUT2D eigenvalue weighted by molar-refractivity contribution is 0.225. The predicted octanol–water partition coefficient (Wildman–Crippen LogP) is 3.28. The van der Waals surface area contributed by atoms with Gasteiger partial charge in [0.05, 0.1) is 0 Å². The molecule has 0 aliphatic carbocycles. The van der Waals surface area contributed by atoms with E-state index < -0.39 is 0 Å². The van der Waals surface area contributed by atoms with E-state index in [1.807, 2.05) is 11.3 Å². The van der Waals surface area contributed by atoms with Gasteiger partial charge in [-0.25, -0.2) is 0 Å². The monoisotopic (exact) mass is 266 g/mol. The molecule has 1 aliphatic rings. The maximum Gasteiger partial charge on any atom is 0.0302 e. The molecule has 1 N–H and O–H groups in total. The highest BCUT2D eigenvalue weighted by Gasteiger charge is 2.08. The average molecular weight is 266 g/mol. The summed E-state index contributed by atoms with van der Waals surface area (Å²) in [6.07, 6.45) is 6.69. The lowest BCUT2D eigenvalue weighted by atomic mass is 10.1. The fraction of sp³-hybridized carbons (Fsp3) is 0.733. The van der Waals surface area contributed by atoms with Crippen LogP contribution in [0.1, 0.15) is 43.0 Å². The van der Waals surface area contributed by atoms with Gasteiger partial charge in [0.2, 0.25) is 0 Å². The van der Waals surface area contributed by atoms with Crippen molar-refractivity contribution in [1.82, 2.24) is 10.2 Å². The number of hydrogen-bond acceptors (Lipinski definition) is 3. The molecule has 1 saturated heterocycles. The first-order valence-corrected chi connectivity index (χ1v) is 8.26. The van der Waals surface area contributed by atoms with Gasteiger partial charge in [-0.3, -0.25) is 0 Å². The van der Waals surface area contributed by atoms with E-state index in [0.29, 0.717) is 0 Å². The number of nitrogens with one attached hydrogen (secondary N) is 1. The van der Waals surface area contributed by atoms with E-state index in [1.165, 1.54) is 55.8 Å². The molecule has 2 rings (SSSR count). The van der Waals surface area contributed by atoms with Crippen LogP contribution in [0.4, 0.5) is 0 Å². The van der Waals surface area contributed by atoms with Crippen LogP contribution in [0.25, 0.3) is 0 Å². The first-order valence-electron chi connectivity index (χ1n) is 7.38. The molecule has 0 aromatic carbocycles. The first kappa shape index (κ1) is 14.0. The zero-order valence-corrected chi connectivity index (χ0v) is 12.4. The van der Waals surface area contributed by atoms with Gasteiger partial charge in [-0.1, -0.05) is 13.3 Å². The number of likely N-dealkylation sites (tertiary alicyclic amines) is 1. The van der Waals surface area contributed by atoms with Crippen LogP contribution in [-0.4, -0.2) is 31.1 Å². The Hall–Kier alpha value is -0.380. The van der Waals surface area contributed by atoms with Crippen LogP contribution in [-0.2, 0) is 13.0 Å². The van der Waals surface area contributed by atoms with Gasteiger partial charge in [-0.15, -0.1) is 11.3 Å². The van der Waals surface area contributed by atoms with E-state index in [4.69, 9.17) is 0 Å². The highest BCUT2D eigenvalue weighted by atomic mass is 32.1. The van der Waals surface area contributed by atoms with Gasteiger partial charge in [0.25, 0.3) is 0 Å². The van der Waals surface area contributed by atoms with Crippen molar-refractivity contribution in [2.75, 3.05) is 26.2 Å². The second-order valence-corrected chi connectivity index (χ2v) is 6.16. The lowest BCUT2D eigenvalue weighted by Crippen LogP contribution is -2.32. The third-order valence-corrected chi connectivity index (χ3v) is 4.74. The molecule has 0 spiro atoms. The topological polar surface area (TPSA) is 15.3 Å². The Balaban J connectivity index is 1.55. The van der Waals surface area contributed by atoms with E-state index in [0.717, 1.165) is 19.5 Å². The van der Waals surface area contributed by atoms with Gasteiger partial charge in [0, 0.05) is 11.4 Å². The molecule has 0 atom stereocenters. The SMILES string of the molecule is CCc1ccsc1CNCCCN1CCCCC1. The molecule has 0 amide bonds. The van der Waals surface area contributed by atoms with Gasteiger partial charge in [0.15, 0.2) is 0 Å². The third-order valence-electron chi connectivity index (χ3n) is 3.78. The van der Waals surface area contributed by atoms with Crippen LogP contribution in [0.2, 0.25) is 0 Å². The Kier molecular flexibility index (Phi) is 6.18. The van der Waals surface area contributed by atoms with Crippen molar-refractivity contribution >= 4 is 11.3 Å². The Bertz CT molecular complexity index is 329. The minimum atomic E-state index is 1.06. The number of rotatable bonds is 7. The third kappa shape index (κ3) is 4.38. The van der Waals surface area contributed by atoms with E-state index in [9.17, 15) is 0 Å². The minimum Gasteiger partial charge on any atom is -0.312 e. The Morgan fingerprint density at radius 1 is 1.28 bits per heavy atom. The molecule has 18 heavy (non-hydrogen) atoms. The lowest BCUT2D eigenvalue weighted by Gasteiger charge is -2.26. The molecule has 102 valence electrons. The van der Waals surface area contributed by atoms with Crippen molar-refractivity contribution in [3.05, 3.63) is 21.9 Å². The molecule has 0 bridgehead atoms. The second-order valence-electron chi connectivity index (χ2n) is 5.16. The number of nitrogens with zero attached hydrogens (tertiary/aromatic N) is 1. The predicted molar refractivity (Wildman–Crippen MR) is 80.3 cm³/mol. The van der Waals surface area contributed by atoms with E-state index in [-0.39, 0.29) is 0 Å². The highest BCUT2D eigenvalue weighted by Crippen LogP contribution is 2.16. The molecule has 0 unspecified atom stereocenters. The second kappa shape index (κ2) is 7.93. The van der Waals surface area contributed by atoms with Gasteiger partial charge < -0.3 is 10.2 Å². The molecule has 0 saturated carbocycles. The largest absolute Gasteiger partial charge is 0.312 e. The average Bonchev–Trinajstić information content (AvgIpc) is 2.87. The van der Waals surface area contributed by atoms with Crippen molar-refractivity contribution in [3.8, 4) is 0 Å². The van der Waals surface area contributed by atoms with Crippen LogP contribution in [0.5, 0.6) is 0 Å². The van der Waals surface area contributed by atoms with Crippen LogP contribution < -0.4 is 5.32 Å². The number of hydrogen-bond donors (Lipinski definition) is 1. The summed E-state index contributed by atoms with van der Waals surface area (Å²) in [4.78, 5) is 4.14. The van der Waals surface area contributed by atoms with Gasteiger partial charge in [-0.2, -0.15) is 0 Å². The van der Waals surface area contributed by atoms with Crippen LogP contribution in [0, 0.1) is 0 Å². The molecule has 1 aliphatic heterocycles. The summed E-state index contributed by atoms with van der Waals surface area (Å²) in [6.45, 7) is 8.37. The van der Waals surface area contributed by atoms with Crippen molar-refractivity contribution in [2.24, 2.45) is 0 Å². The fourth-order valence-corrected chi connectivity index (χ4v) is 3.60. The fourth-order valence-electron chi connectivity index (χ4n) is 2.65. The highest BCUT2D eigenvalue weighted by molar-refractivity contribution is 7.10. The molecule has 2 nitrogen and oxygen atoms in total. The maximum absolute atomic E-state index is 3.59. The zero-order chi connectivity index (χ0) is 12.6. The molecule has 0 radical (unpaired) electrons.